The number of hydrogen-bond acceptors (Lipinski definition) is 7. The molecule has 0 aliphatic carbocycles. The Hall–Kier alpha value is -2.87. The summed E-state index contributed by atoms with van der Waals surface area (Å²) in [7, 11) is 1.67. The molecule has 0 atom stereocenters. The zero-order chi connectivity index (χ0) is 20.2. The van der Waals surface area contributed by atoms with Gasteiger partial charge in [0.1, 0.15) is 5.75 Å². The van der Waals surface area contributed by atoms with E-state index in [9.17, 15) is 4.79 Å². The molecule has 1 aromatic heterocycles. The number of rotatable bonds is 4. The first-order valence-corrected chi connectivity index (χ1v) is 10.0. The number of anilines is 2. The summed E-state index contributed by atoms with van der Waals surface area (Å²) in [5, 5.41) is 0. The Morgan fingerprint density at radius 1 is 1.07 bits per heavy atom. The standard InChI is InChI=1S/C21H27N5O3/c1-16-19(15-22-21(23-16)26-10-12-29-13-11-26)20(27)25-8-6-24(7-9-25)17-4-3-5-18(14-17)28-2/h3-5,14-15H,6-13H2,1-2H3. The van der Waals surface area contributed by atoms with Crippen molar-refractivity contribution in [2.75, 3.05) is 69.4 Å². The third-order valence-electron chi connectivity index (χ3n) is 5.48. The van der Waals surface area contributed by atoms with Gasteiger partial charge in [-0.25, -0.2) is 9.97 Å². The molecule has 0 radical (unpaired) electrons. The number of amides is 1. The number of carbonyl (C=O) groups excluding carboxylic acids is 1. The van der Waals surface area contributed by atoms with Crippen molar-refractivity contribution in [2.45, 2.75) is 6.92 Å². The summed E-state index contributed by atoms with van der Waals surface area (Å²) in [6, 6.07) is 8.03. The molecule has 8 nitrogen and oxygen atoms in total. The number of aryl methyl sites for hydroxylation is 1. The lowest BCUT2D eigenvalue weighted by molar-refractivity contribution is 0.0745. The zero-order valence-corrected chi connectivity index (χ0v) is 17.0. The van der Waals surface area contributed by atoms with Crippen molar-refractivity contribution in [1.29, 1.82) is 0 Å². The molecular weight excluding hydrogens is 370 g/mol. The molecule has 0 spiro atoms. The maximum atomic E-state index is 13.0. The molecule has 3 heterocycles. The van der Waals surface area contributed by atoms with Gasteiger partial charge in [0.25, 0.3) is 5.91 Å². The lowest BCUT2D eigenvalue weighted by Crippen LogP contribution is -2.49. The van der Waals surface area contributed by atoms with E-state index in [1.54, 1.807) is 13.3 Å². The first kappa shape index (κ1) is 19.4. The SMILES string of the molecule is COc1cccc(N2CCN(C(=O)c3cnc(N4CCOCC4)nc3C)CC2)c1. The van der Waals surface area contributed by atoms with Crippen LogP contribution in [0.4, 0.5) is 11.6 Å². The average molecular weight is 397 g/mol. The van der Waals surface area contributed by atoms with Crippen LogP contribution in [0, 0.1) is 6.92 Å². The van der Waals surface area contributed by atoms with Crippen LogP contribution in [-0.2, 0) is 4.74 Å². The number of benzene rings is 1. The van der Waals surface area contributed by atoms with Crippen molar-refractivity contribution in [1.82, 2.24) is 14.9 Å². The summed E-state index contributed by atoms with van der Waals surface area (Å²) < 4.78 is 10.7. The van der Waals surface area contributed by atoms with Crippen LogP contribution in [0.15, 0.2) is 30.5 Å². The molecule has 29 heavy (non-hydrogen) atoms. The predicted molar refractivity (Wildman–Crippen MR) is 111 cm³/mol. The van der Waals surface area contributed by atoms with Gasteiger partial charge in [0.2, 0.25) is 5.95 Å². The van der Waals surface area contributed by atoms with Gasteiger partial charge in [-0.15, -0.1) is 0 Å². The molecule has 0 bridgehead atoms. The largest absolute Gasteiger partial charge is 0.497 e. The van der Waals surface area contributed by atoms with Crippen molar-refractivity contribution in [3.63, 3.8) is 0 Å². The van der Waals surface area contributed by atoms with E-state index in [4.69, 9.17) is 9.47 Å². The van der Waals surface area contributed by atoms with Gasteiger partial charge in [-0.2, -0.15) is 0 Å². The average Bonchev–Trinajstić information content (AvgIpc) is 2.79. The summed E-state index contributed by atoms with van der Waals surface area (Å²) in [5.74, 6) is 1.51. The smallest absolute Gasteiger partial charge is 0.257 e. The third kappa shape index (κ3) is 4.27. The molecule has 2 aromatic rings. The van der Waals surface area contributed by atoms with Crippen LogP contribution in [0.1, 0.15) is 16.1 Å². The molecule has 2 aliphatic rings. The van der Waals surface area contributed by atoms with Crippen LogP contribution in [0.3, 0.4) is 0 Å². The highest BCUT2D eigenvalue weighted by molar-refractivity contribution is 5.95. The minimum atomic E-state index is 0.00122. The summed E-state index contributed by atoms with van der Waals surface area (Å²) in [5.41, 5.74) is 2.42. The van der Waals surface area contributed by atoms with E-state index in [2.05, 4.69) is 25.8 Å². The van der Waals surface area contributed by atoms with E-state index in [0.717, 1.165) is 43.3 Å². The highest BCUT2D eigenvalue weighted by Gasteiger charge is 2.25. The summed E-state index contributed by atoms with van der Waals surface area (Å²) in [6.07, 6.45) is 1.67. The van der Waals surface area contributed by atoms with E-state index >= 15 is 0 Å². The number of nitrogens with zero attached hydrogens (tertiary/aromatic N) is 5. The maximum absolute atomic E-state index is 13.0. The highest BCUT2D eigenvalue weighted by atomic mass is 16.5. The molecule has 1 amide bonds. The molecule has 4 rings (SSSR count). The molecule has 154 valence electrons. The number of piperazine rings is 1. The van der Waals surface area contributed by atoms with E-state index in [1.807, 2.05) is 30.0 Å². The van der Waals surface area contributed by atoms with Crippen LogP contribution >= 0.6 is 0 Å². The molecule has 2 aliphatic heterocycles. The third-order valence-corrected chi connectivity index (χ3v) is 5.48. The van der Waals surface area contributed by atoms with Gasteiger partial charge in [0, 0.05) is 57.2 Å². The second kappa shape index (κ2) is 8.65. The number of hydrogen-bond donors (Lipinski definition) is 0. The Kier molecular flexibility index (Phi) is 5.80. The van der Waals surface area contributed by atoms with Crippen LogP contribution in [0.5, 0.6) is 5.75 Å². The topological polar surface area (TPSA) is 71.0 Å². The Morgan fingerprint density at radius 3 is 2.52 bits per heavy atom. The molecule has 0 saturated carbocycles. The molecule has 2 saturated heterocycles. The first-order valence-electron chi connectivity index (χ1n) is 10.0. The van der Waals surface area contributed by atoms with Crippen molar-refractivity contribution < 1.29 is 14.3 Å². The lowest BCUT2D eigenvalue weighted by atomic mass is 10.2. The Balaban J connectivity index is 1.40. The van der Waals surface area contributed by atoms with Gasteiger partial charge in [0.15, 0.2) is 0 Å². The van der Waals surface area contributed by atoms with E-state index in [0.29, 0.717) is 37.8 Å². The Morgan fingerprint density at radius 2 is 1.83 bits per heavy atom. The number of aromatic nitrogens is 2. The normalized spacial score (nSPS) is 17.4. The lowest BCUT2D eigenvalue weighted by Gasteiger charge is -2.36. The van der Waals surface area contributed by atoms with Crippen molar-refractivity contribution in [2.24, 2.45) is 0 Å². The van der Waals surface area contributed by atoms with Gasteiger partial charge < -0.3 is 24.2 Å². The first-order chi connectivity index (χ1) is 14.2. The maximum Gasteiger partial charge on any atom is 0.257 e. The number of morpholine rings is 1. The fraction of sp³-hybridized carbons (Fsp3) is 0.476. The Bertz CT molecular complexity index is 861. The minimum absolute atomic E-state index is 0.00122. The van der Waals surface area contributed by atoms with Crippen LogP contribution in [0.25, 0.3) is 0 Å². The second-order valence-corrected chi connectivity index (χ2v) is 7.25. The van der Waals surface area contributed by atoms with Crippen molar-refractivity contribution in [3.8, 4) is 5.75 Å². The van der Waals surface area contributed by atoms with Crippen molar-refractivity contribution >= 4 is 17.5 Å². The van der Waals surface area contributed by atoms with Gasteiger partial charge in [0.05, 0.1) is 31.6 Å². The van der Waals surface area contributed by atoms with Crippen molar-refractivity contribution in [3.05, 3.63) is 41.7 Å². The molecule has 8 heteroatoms. The number of ether oxygens (including phenoxy) is 2. The van der Waals surface area contributed by atoms with E-state index < -0.39 is 0 Å². The van der Waals surface area contributed by atoms with E-state index in [-0.39, 0.29) is 5.91 Å². The van der Waals surface area contributed by atoms with Gasteiger partial charge in [-0.05, 0) is 19.1 Å². The fourth-order valence-corrected chi connectivity index (χ4v) is 3.73. The van der Waals surface area contributed by atoms with Gasteiger partial charge in [-0.1, -0.05) is 6.07 Å². The molecule has 1 aromatic carbocycles. The highest BCUT2D eigenvalue weighted by Crippen LogP contribution is 2.23. The minimum Gasteiger partial charge on any atom is -0.497 e. The van der Waals surface area contributed by atoms with Gasteiger partial charge >= 0.3 is 0 Å². The fourth-order valence-electron chi connectivity index (χ4n) is 3.73. The second-order valence-electron chi connectivity index (χ2n) is 7.25. The number of carbonyl (C=O) groups is 1. The van der Waals surface area contributed by atoms with Crippen LogP contribution in [0.2, 0.25) is 0 Å². The summed E-state index contributed by atoms with van der Waals surface area (Å²) >= 11 is 0. The molecule has 0 N–H and O–H groups in total. The number of methoxy groups -OCH3 is 1. The zero-order valence-electron chi connectivity index (χ0n) is 17.0. The quantitative estimate of drug-likeness (QED) is 0.776. The monoisotopic (exact) mass is 397 g/mol. The predicted octanol–water partition coefficient (Wildman–Crippen LogP) is 1.59. The molecule has 2 fully saturated rings. The van der Waals surface area contributed by atoms with Crippen LogP contribution in [-0.4, -0.2) is 80.4 Å². The molecule has 0 unspecified atom stereocenters. The summed E-state index contributed by atoms with van der Waals surface area (Å²) in [4.78, 5) is 28.3. The Labute approximate surface area is 171 Å². The van der Waals surface area contributed by atoms with Gasteiger partial charge in [-0.3, -0.25) is 4.79 Å². The summed E-state index contributed by atoms with van der Waals surface area (Å²) in [6.45, 7) is 7.70. The van der Waals surface area contributed by atoms with E-state index in [1.165, 1.54) is 0 Å². The molecular formula is C21H27N5O3. The van der Waals surface area contributed by atoms with Crippen LogP contribution < -0.4 is 14.5 Å².